The van der Waals surface area contributed by atoms with Crippen molar-refractivity contribution in [1.29, 1.82) is 0 Å². The molecule has 1 heterocycles. The predicted molar refractivity (Wildman–Crippen MR) is 65.0 cm³/mol. The summed E-state index contributed by atoms with van der Waals surface area (Å²) in [5.41, 5.74) is -2.36. The molecule has 0 aromatic rings. The number of amides is 1. The molecule has 1 saturated heterocycles. The molecule has 1 amide bonds. The van der Waals surface area contributed by atoms with Crippen LogP contribution in [0.2, 0.25) is 0 Å². The molecule has 0 radical (unpaired) electrons. The molecule has 5 nitrogen and oxygen atoms in total. The third kappa shape index (κ3) is 3.62. The minimum atomic E-state index is -4.59. The van der Waals surface area contributed by atoms with Gasteiger partial charge in [0.15, 0.2) is 5.41 Å². The van der Waals surface area contributed by atoms with Crippen molar-refractivity contribution >= 4 is 11.9 Å². The van der Waals surface area contributed by atoms with E-state index in [0.717, 1.165) is 0 Å². The second kappa shape index (κ2) is 6.43. The van der Waals surface area contributed by atoms with E-state index in [1.54, 1.807) is 0 Å². The molecule has 2 atom stereocenters. The maximum atomic E-state index is 13.0. The topological polar surface area (TPSA) is 78.4 Å². The second-order valence-electron chi connectivity index (χ2n) is 5.14. The molecule has 8 heteroatoms. The zero-order valence-corrected chi connectivity index (χ0v) is 11.2. The van der Waals surface area contributed by atoms with Crippen LogP contribution in [0, 0.1) is 11.3 Å². The van der Waals surface area contributed by atoms with E-state index in [4.69, 9.17) is 5.11 Å². The number of carbonyl (C=O) groups excluding carboxylic acids is 1. The van der Waals surface area contributed by atoms with Gasteiger partial charge in [0, 0.05) is 13.1 Å². The van der Waals surface area contributed by atoms with E-state index in [1.807, 2.05) is 0 Å². The molecule has 3 N–H and O–H groups in total. The number of carbonyl (C=O) groups is 2. The van der Waals surface area contributed by atoms with Crippen LogP contribution in [0.25, 0.3) is 0 Å². The molecule has 116 valence electrons. The molecule has 0 aromatic carbocycles. The first-order valence-electron chi connectivity index (χ1n) is 6.49. The number of rotatable bonds is 6. The molecule has 0 spiro atoms. The third-order valence-corrected chi connectivity index (χ3v) is 3.65. The van der Waals surface area contributed by atoms with Crippen LogP contribution >= 0.6 is 0 Å². The number of halogens is 3. The summed E-state index contributed by atoms with van der Waals surface area (Å²) < 4.78 is 39.1. The van der Waals surface area contributed by atoms with Crippen molar-refractivity contribution in [3.63, 3.8) is 0 Å². The molecular weight excluding hydrogens is 277 g/mol. The SMILES string of the molecule is CC(CCCNC(=O)C1(C(F)(F)F)CCNC1)C(=O)O. The lowest BCUT2D eigenvalue weighted by molar-refractivity contribution is -0.216. The first-order valence-corrected chi connectivity index (χ1v) is 6.49. The normalized spacial score (nSPS) is 24.4. The summed E-state index contributed by atoms with van der Waals surface area (Å²) in [4.78, 5) is 22.4. The second-order valence-corrected chi connectivity index (χ2v) is 5.14. The quantitative estimate of drug-likeness (QED) is 0.642. The largest absolute Gasteiger partial charge is 0.481 e. The van der Waals surface area contributed by atoms with Crippen LogP contribution in [-0.4, -0.2) is 42.8 Å². The molecule has 0 aromatic heterocycles. The standard InChI is InChI=1S/C12H19F3N2O3/c1-8(9(18)19)3-2-5-17-10(20)11(12(13,14)15)4-6-16-7-11/h8,16H,2-7H2,1H3,(H,17,20)(H,18,19). The van der Waals surface area contributed by atoms with Crippen molar-refractivity contribution < 1.29 is 27.9 Å². The van der Waals surface area contributed by atoms with E-state index < -0.39 is 35.9 Å². The van der Waals surface area contributed by atoms with Gasteiger partial charge in [-0.3, -0.25) is 9.59 Å². The maximum Gasteiger partial charge on any atom is 0.404 e. The minimum absolute atomic E-state index is 0.0499. The van der Waals surface area contributed by atoms with Gasteiger partial charge < -0.3 is 15.7 Å². The van der Waals surface area contributed by atoms with E-state index in [0.29, 0.717) is 12.8 Å². The first kappa shape index (κ1) is 16.7. The van der Waals surface area contributed by atoms with Crippen molar-refractivity contribution in [1.82, 2.24) is 10.6 Å². The van der Waals surface area contributed by atoms with Gasteiger partial charge in [-0.1, -0.05) is 6.92 Å². The predicted octanol–water partition coefficient (Wildman–Crippen LogP) is 1.15. The Morgan fingerprint density at radius 2 is 2.10 bits per heavy atom. The van der Waals surface area contributed by atoms with Gasteiger partial charge in [-0.15, -0.1) is 0 Å². The number of alkyl halides is 3. The molecule has 0 aliphatic carbocycles. The van der Waals surface area contributed by atoms with Gasteiger partial charge in [-0.25, -0.2) is 0 Å². The average molecular weight is 296 g/mol. The zero-order chi connectivity index (χ0) is 15.4. The third-order valence-electron chi connectivity index (χ3n) is 3.65. The maximum absolute atomic E-state index is 13.0. The van der Waals surface area contributed by atoms with Crippen LogP contribution in [0.3, 0.4) is 0 Å². The summed E-state index contributed by atoms with van der Waals surface area (Å²) in [6, 6.07) is 0. The highest BCUT2D eigenvalue weighted by Gasteiger charge is 2.61. The Morgan fingerprint density at radius 1 is 1.45 bits per heavy atom. The molecule has 1 aliphatic heterocycles. The van der Waals surface area contributed by atoms with Gasteiger partial charge >= 0.3 is 12.1 Å². The van der Waals surface area contributed by atoms with E-state index in [2.05, 4.69) is 10.6 Å². The van der Waals surface area contributed by atoms with Gasteiger partial charge in [-0.05, 0) is 25.8 Å². The van der Waals surface area contributed by atoms with E-state index in [-0.39, 0.29) is 19.5 Å². The Hall–Kier alpha value is -1.31. The van der Waals surface area contributed by atoms with Crippen LogP contribution in [0.5, 0.6) is 0 Å². The molecular formula is C12H19F3N2O3. The fourth-order valence-electron chi connectivity index (χ4n) is 2.16. The summed E-state index contributed by atoms with van der Waals surface area (Å²) in [5.74, 6) is -2.56. The van der Waals surface area contributed by atoms with Gasteiger partial charge in [-0.2, -0.15) is 13.2 Å². The molecule has 1 rings (SSSR count). The van der Waals surface area contributed by atoms with Crippen molar-refractivity contribution in [3.8, 4) is 0 Å². The van der Waals surface area contributed by atoms with Gasteiger partial charge in [0.1, 0.15) is 0 Å². The van der Waals surface area contributed by atoms with Crippen LogP contribution in [0.15, 0.2) is 0 Å². The number of hydrogen-bond donors (Lipinski definition) is 3. The fourth-order valence-corrected chi connectivity index (χ4v) is 2.16. The fraction of sp³-hybridized carbons (Fsp3) is 0.833. The summed E-state index contributed by atoms with van der Waals surface area (Å²) in [6.07, 6.45) is -4.21. The van der Waals surface area contributed by atoms with Crippen LogP contribution in [-0.2, 0) is 9.59 Å². The highest BCUT2D eigenvalue weighted by atomic mass is 19.4. The van der Waals surface area contributed by atoms with Crippen molar-refractivity contribution in [2.75, 3.05) is 19.6 Å². The lowest BCUT2D eigenvalue weighted by Crippen LogP contribution is -2.52. The van der Waals surface area contributed by atoms with E-state index >= 15 is 0 Å². The summed E-state index contributed by atoms with van der Waals surface area (Å²) >= 11 is 0. The number of carboxylic acid groups (broad SMARTS) is 1. The molecule has 20 heavy (non-hydrogen) atoms. The molecule has 1 aliphatic rings. The van der Waals surface area contributed by atoms with Crippen LogP contribution < -0.4 is 10.6 Å². The molecule has 1 fully saturated rings. The highest BCUT2D eigenvalue weighted by molar-refractivity contribution is 5.84. The molecule has 2 unspecified atom stereocenters. The highest BCUT2D eigenvalue weighted by Crippen LogP contribution is 2.43. The smallest absolute Gasteiger partial charge is 0.404 e. The Balaban J connectivity index is 2.47. The average Bonchev–Trinajstić information content (AvgIpc) is 2.83. The lowest BCUT2D eigenvalue weighted by Gasteiger charge is -2.29. The molecule has 0 saturated carbocycles. The van der Waals surface area contributed by atoms with E-state index in [9.17, 15) is 22.8 Å². The van der Waals surface area contributed by atoms with Crippen molar-refractivity contribution in [3.05, 3.63) is 0 Å². The molecule has 0 bridgehead atoms. The number of carboxylic acids is 1. The zero-order valence-electron chi connectivity index (χ0n) is 11.2. The van der Waals surface area contributed by atoms with Gasteiger partial charge in [0.2, 0.25) is 5.91 Å². The van der Waals surface area contributed by atoms with Crippen LogP contribution in [0.1, 0.15) is 26.2 Å². The first-order chi connectivity index (χ1) is 9.21. The number of nitrogens with one attached hydrogen (secondary N) is 2. The lowest BCUT2D eigenvalue weighted by atomic mass is 9.85. The Bertz CT molecular complexity index is 365. The van der Waals surface area contributed by atoms with Crippen molar-refractivity contribution in [2.24, 2.45) is 11.3 Å². The minimum Gasteiger partial charge on any atom is -0.481 e. The van der Waals surface area contributed by atoms with Crippen LogP contribution in [0.4, 0.5) is 13.2 Å². The Morgan fingerprint density at radius 3 is 2.55 bits per heavy atom. The van der Waals surface area contributed by atoms with E-state index in [1.165, 1.54) is 6.92 Å². The Labute approximate surface area is 114 Å². The number of hydrogen-bond acceptors (Lipinski definition) is 3. The summed E-state index contributed by atoms with van der Waals surface area (Å²) in [5, 5.41) is 13.5. The number of aliphatic carboxylic acids is 1. The summed E-state index contributed by atoms with van der Waals surface area (Å²) in [7, 11) is 0. The Kier molecular flexibility index (Phi) is 5.38. The monoisotopic (exact) mass is 296 g/mol. The van der Waals surface area contributed by atoms with Crippen molar-refractivity contribution in [2.45, 2.75) is 32.4 Å². The summed E-state index contributed by atoms with van der Waals surface area (Å²) in [6.45, 7) is 1.31. The van der Waals surface area contributed by atoms with Gasteiger partial charge in [0.05, 0.1) is 5.92 Å². The van der Waals surface area contributed by atoms with Gasteiger partial charge in [0.25, 0.3) is 0 Å².